The second kappa shape index (κ2) is 9.25. The lowest BCUT2D eigenvalue weighted by atomic mass is 10.2. The Morgan fingerprint density at radius 3 is 2.21 bits per heavy atom. The van der Waals surface area contributed by atoms with Gasteiger partial charge in [-0.1, -0.05) is 26.2 Å². The highest BCUT2D eigenvalue weighted by molar-refractivity contribution is 7.80. The summed E-state index contributed by atoms with van der Waals surface area (Å²) in [5.41, 5.74) is 0. The van der Waals surface area contributed by atoms with E-state index < -0.39 is 0 Å². The maximum Gasteiger partial charge on any atom is 0.259 e. The summed E-state index contributed by atoms with van der Waals surface area (Å²) in [7, 11) is 0. The topological polar surface area (TPSA) is 12.5 Å². The summed E-state index contributed by atoms with van der Waals surface area (Å²) in [5, 5.41) is 0.659. The van der Waals surface area contributed by atoms with Crippen LogP contribution < -0.4 is 0 Å². The van der Waals surface area contributed by atoms with E-state index >= 15 is 0 Å². The van der Waals surface area contributed by atoms with Crippen molar-refractivity contribution in [3.8, 4) is 0 Å². The van der Waals surface area contributed by atoms with Crippen LogP contribution in [0.3, 0.4) is 0 Å². The molecule has 0 N–H and O–H groups in total. The van der Waals surface area contributed by atoms with E-state index in [2.05, 4.69) is 25.7 Å². The number of hydrogen-bond acceptors (Lipinski definition) is 2. The third-order valence-corrected chi connectivity index (χ3v) is 2.62. The molecule has 0 aliphatic heterocycles. The Bertz CT molecular complexity index is 146. The third kappa shape index (κ3) is 6.19. The van der Waals surface area contributed by atoms with Gasteiger partial charge >= 0.3 is 0 Å². The van der Waals surface area contributed by atoms with Crippen LogP contribution in [-0.4, -0.2) is 29.8 Å². The number of nitrogens with zero attached hydrogens (tertiary/aromatic N) is 1. The average Bonchev–Trinajstić information content (AvgIpc) is 2.19. The highest BCUT2D eigenvalue weighted by atomic mass is 32.1. The predicted octanol–water partition coefficient (Wildman–Crippen LogP) is 3.21. The lowest BCUT2D eigenvalue weighted by Crippen LogP contribution is -2.31. The van der Waals surface area contributed by atoms with Gasteiger partial charge in [-0.3, -0.25) is 0 Å². The molecule has 0 atom stereocenters. The Balaban J connectivity index is 3.43. The summed E-state index contributed by atoms with van der Waals surface area (Å²) >= 11 is 5.16. The quantitative estimate of drug-likeness (QED) is 0.480. The number of thiocarbonyl (C=S) groups is 1. The summed E-state index contributed by atoms with van der Waals surface area (Å²) in [6.07, 6.45) is 4.93. The molecular formula is C11H23NOS. The molecule has 0 aliphatic carbocycles. The van der Waals surface area contributed by atoms with Gasteiger partial charge in [-0.05, 0) is 32.5 Å². The Morgan fingerprint density at radius 2 is 1.71 bits per heavy atom. The molecule has 0 saturated heterocycles. The lowest BCUT2D eigenvalue weighted by Gasteiger charge is -2.21. The zero-order valence-corrected chi connectivity index (χ0v) is 10.5. The molecule has 84 valence electrons. The largest absolute Gasteiger partial charge is 0.471 e. The summed E-state index contributed by atoms with van der Waals surface area (Å²) in [6.45, 7) is 9.04. The molecule has 0 aromatic rings. The summed E-state index contributed by atoms with van der Waals surface area (Å²) in [4.78, 5) is 2.06. The van der Waals surface area contributed by atoms with Gasteiger partial charge in [0.2, 0.25) is 0 Å². The average molecular weight is 217 g/mol. The van der Waals surface area contributed by atoms with Crippen molar-refractivity contribution in [2.75, 3.05) is 19.7 Å². The molecule has 0 rings (SSSR count). The molecule has 14 heavy (non-hydrogen) atoms. The number of unbranched alkanes of at least 4 members (excludes halogenated alkanes) is 3. The first-order valence-electron chi connectivity index (χ1n) is 5.67. The van der Waals surface area contributed by atoms with Crippen LogP contribution in [-0.2, 0) is 4.74 Å². The van der Waals surface area contributed by atoms with E-state index in [9.17, 15) is 0 Å². The Kier molecular flexibility index (Phi) is 9.05. The van der Waals surface area contributed by atoms with Crippen molar-refractivity contribution < 1.29 is 4.74 Å². The molecule has 0 amide bonds. The van der Waals surface area contributed by atoms with E-state index in [1.165, 1.54) is 19.3 Å². The zero-order chi connectivity index (χ0) is 10.8. The van der Waals surface area contributed by atoms with Crippen molar-refractivity contribution in [1.82, 2.24) is 4.90 Å². The number of hydrogen-bond donors (Lipinski definition) is 0. The van der Waals surface area contributed by atoms with Crippen molar-refractivity contribution in [2.45, 2.75) is 46.5 Å². The standard InChI is InChI=1S/C11H23NOS/c1-4-7-8-9-10-13-11(14)12(5-2)6-3/h4-10H2,1-3H3. The highest BCUT2D eigenvalue weighted by Crippen LogP contribution is 2.01. The fourth-order valence-corrected chi connectivity index (χ4v) is 1.60. The Hall–Kier alpha value is -0.310. The van der Waals surface area contributed by atoms with Gasteiger partial charge in [-0.2, -0.15) is 0 Å². The molecule has 0 heterocycles. The van der Waals surface area contributed by atoms with Gasteiger partial charge in [0.1, 0.15) is 0 Å². The first-order valence-corrected chi connectivity index (χ1v) is 6.08. The summed E-state index contributed by atoms with van der Waals surface area (Å²) in [6, 6.07) is 0. The molecule has 0 fully saturated rings. The van der Waals surface area contributed by atoms with Crippen LogP contribution in [0.25, 0.3) is 0 Å². The van der Waals surface area contributed by atoms with Gasteiger partial charge in [0.25, 0.3) is 5.17 Å². The van der Waals surface area contributed by atoms with Crippen LogP contribution in [0.4, 0.5) is 0 Å². The molecule has 0 bridgehead atoms. The minimum absolute atomic E-state index is 0.659. The van der Waals surface area contributed by atoms with Gasteiger partial charge in [0.05, 0.1) is 6.61 Å². The minimum Gasteiger partial charge on any atom is -0.471 e. The molecule has 2 nitrogen and oxygen atoms in total. The molecule has 0 unspecified atom stereocenters. The minimum atomic E-state index is 0.659. The molecule has 3 heteroatoms. The number of ether oxygens (including phenoxy) is 1. The molecule has 0 aromatic heterocycles. The number of rotatable bonds is 7. The van der Waals surface area contributed by atoms with E-state index in [0.29, 0.717) is 5.17 Å². The second-order valence-electron chi connectivity index (χ2n) is 3.35. The van der Waals surface area contributed by atoms with Crippen LogP contribution in [0.15, 0.2) is 0 Å². The van der Waals surface area contributed by atoms with E-state index in [0.717, 1.165) is 26.1 Å². The molecular weight excluding hydrogens is 194 g/mol. The van der Waals surface area contributed by atoms with Crippen LogP contribution in [0.2, 0.25) is 0 Å². The van der Waals surface area contributed by atoms with Crippen molar-refractivity contribution >= 4 is 17.4 Å². The normalized spacial score (nSPS) is 9.93. The fraction of sp³-hybridized carbons (Fsp3) is 0.909. The van der Waals surface area contributed by atoms with E-state index in [-0.39, 0.29) is 0 Å². The van der Waals surface area contributed by atoms with Gasteiger partial charge in [-0.25, -0.2) is 0 Å². The van der Waals surface area contributed by atoms with E-state index in [4.69, 9.17) is 17.0 Å². The van der Waals surface area contributed by atoms with Crippen LogP contribution in [0.5, 0.6) is 0 Å². The van der Waals surface area contributed by atoms with Gasteiger partial charge < -0.3 is 9.64 Å². The first kappa shape index (κ1) is 13.7. The molecule has 0 aromatic carbocycles. The van der Waals surface area contributed by atoms with Crippen molar-refractivity contribution in [2.24, 2.45) is 0 Å². The predicted molar refractivity (Wildman–Crippen MR) is 65.6 cm³/mol. The molecule has 0 spiro atoms. The summed E-state index contributed by atoms with van der Waals surface area (Å²) in [5.74, 6) is 0. The maximum absolute atomic E-state index is 5.49. The van der Waals surface area contributed by atoms with Crippen LogP contribution in [0, 0.1) is 0 Å². The SMILES string of the molecule is CCCCCCOC(=S)N(CC)CC. The van der Waals surface area contributed by atoms with Gasteiger partial charge in [-0.15, -0.1) is 0 Å². The van der Waals surface area contributed by atoms with Crippen molar-refractivity contribution in [1.29, 1.82) is 0 Å². The summed E-state index contributed by atoms with van der Waals surface area (Å²) < 4.78 is 5.49. The molecule has 0 aliphatic rings. The zero-order valence-electron chi connectivity index (χ0n) is 9.71. The Morgan fingerprint density at radius 1 is 1.07 bits per heavy atom. The van der Waals surface area contributed by atoms with Crippen molar-refractivity contribution in [3.05, 3.63) is 0 Å². The highest BCUT2D eigenvalue weighted by Gasteiger charge is 2.04. The lowest BCUT2D eigenvalue weighted by molar-refractivity contribution is 0.242. The second-order valence-corrected chi connectivity index (χ2v) is 3.70. The fourth-order valence-electron chi connectivity index (χ4n) is 1.26. The van der Waals surface area contributed by atoms with Gasteiger partial charge in [0, 0.05) is 13.1 Å². The molecule has 0 saturated carbocycles. The monoisotopic (exact) mass is 217 g/mol. The van der Waals surface area contributed by atoms with Crippen LogP contribution in [0.1, 0.15) is 46.5 Å². The third-order valence-electron chi connectivity index (χ3n) is 2.25. The van der Waals surface area contributed by atoms with E-state index in [1.807, 2.05) is 0 Å². The molecule has 0 radical (unpaired) electrons. The smallest absolute Gasteiger partial charge is 0.259 e. The van der Waals surface area contributed by atoms with Crippen LogP contribution >= 0.6 is 12.2 Å². The van der Waals surface area contributed by atoms with E-state index in [1.54, 1.807) is 0 Å². The maximum atomic E-state index is 5.49. The van der Waals surface area contributed by atoms with Crippen molar-refractivity contribution in [3.63, 3.8) is 0 Å². The Labute approximate surface area is 93.6 Å². The van der Waals surface area contributed by atoms with Gasteiger partial charge in [0.15, 0.2) is 0 Å². The first-order chi connectivity index (χ1) is 6.76.